The van der Waals surface area contributed by atoms with Crippen LogP contribution in [0.15, 0.2) is 42.5 Å². The predicted octanol–water partition coefficient (Wildman–Crippen LogP) is 4.56. The Morgan fingerprint density at radius 2 is 1.74 bits per heavy atom. The van der Waals surface area contributed by atoms with E-state index in [1.807, 2.05) is 4.90 Å². The van der Waals surface area contributed by atoms with Gasteiger partial charge in [-0.25, -0.2) is 0 Å². The first-order chi connectivity index (χ1) is 14.9. The van der Waals surface area contributed by atoms with E-state index in [1.165, 1.54) is 18.2 Å². The lowest BCUT2D eigenvalue weighted by atomic mass is 10.2. The van der Waals surface area contributed by atoms with Crippen LogP contribution in [0.5, 0.6) is 11.5 Å². The number of carbonyl (C=O) groups is 2. The molecule has 1 saturated heterocycles. The molecule has 1 aliphatic rings. The zero-order valence-electron chi connectivity index (χ0n) is 17.0. The van der Waals surface area contributed by atoms with Crippen LogP contribution in [0.1, 0.15) is 42.5 Å². The lowest BCUT2D eigenvalue weighted by Crippen LogP contribution is -2.35. The largest absolute Gasteiger partial charge is 0.450 e. The molecule has 0 spiro atoms. The van der Waals surface area contributed by atoms with Gasteiger partial charge in [0, 0.05) is 42.7 Å². The molecule has 1 aliphatic heterocycles. The molecule has 0 unspecified atom stereocenters. The van der Waals surface area contributed by atoms with E-state index in [-0.39, 0.29) is 41.2 Å². The molecule has 0 bridgehead atoms. The van der Waals surface area contributed by atoms with Gasteiger partial charge in [0.25, 0.3) is 5.91 Å². The highest BCUT2D eigenvalue weighted by Gasteiger charge is 2.17. The Morgan fingerprint density at radius 1 is 1.06 bits per heavy atom. The smallest absolute Gasteiger partial charge is 0.313 e. The van der Waals surface area contributed by atoms with Crippen LogP contribution >= 0.6 is 11.6 Å². The summed E-state index contributed by atoms with van der Waals surface area (Å²) in [5.74, 6) is 0.167. The zero-order valence-corrected chi connectivity index (χ0v) is 17.8. The van der Waals surface area contributed by atoms with Crippen molar-refractivity contribution >= 4 is 29.1 Å². The van der Waals surface area contributed by atoms with Gasteiger partial charge in [0.2, 0.25) is 11.7 Å². The summed E-state index contributed by atoms with van der Waals surface area (Å²) >= 11 is 5.80. The van der Waals surface area contributed by atoms with E-state index in [1.54, 1.807) is 24.3 Å². The molecule has 2 aromatic rings. The van der Waals surface area contributed by atoms with E-state index < -0.39 is 4.92 Å². The van der Waals surface area contributed by atoms with Crippen LogP contribution in [0.25, 0.3) is 0 Å². The number of hydrogen-bond donors (Lipinski definition) is 1. The number of rotatable bonds is 7. The van der Waals surface area contributed by atoms with Gasteiger partial charge in [-0.1, -0.05) is 24.4 Å². The number of hydrogen-bond acceptors (Lipinski definition) is 5. The number of nitro groups is 1. The topological polar surface area (TPSA) is 102 Å². The van der Waals surface area contributed by atoms with Gasteiger partial charge in [0.1, 0.15) is 5.75 Å². The molecule has 164 valence electrons. The molecule has 0 saturated carbocycles. The molecule has 0 radical (unpaired) electrons. The summed E-state index contributed by atoms with van der Waals surface area (Å²) < 4.78 is 5.57. The van der Waals surface area contributed by atoms with Gasteiger partial charge in [-0.3, -0.25) is 19.7 Å². The molecule has 0 atom stereocenters. The SMILES string of the molecule is O=C(NCCC(=O)N1CCCCCC1)c1ccc(Oc2ccc(Cl)cc2[N+](=O)[O-])cc1. The van der Waals surface area contributed by atoms with E-state index >= 15 is 0 Å². The van der Waals surface area contributed by atoms with E-state index in [4.69, 9.17) is 16.3 Å². The highest BCUT2D eigenvalue weighted by Crippen LogP contribution is 2.33. The zero-order chi connectivity index (χ0) is 22.2. The van der Waals surface area contributed by atoms with Crippen molar-refractivity contribution < 1.29 is 19.2 Å². The normalized spacial score (nSPS) is 13.9. The van der Waals surface area contributed by atoms with Crippen LogP contribution in [0.4, 0.5) is 5.69 Å². The minimum Gasteiger partial charge on any atom is -0.450 e. The van der Waals surface area contributed by atoms with Crippen LogP contribution in [-0.4, -0.2) is 41.3 Å². The second-order valence-corrected chi connectivity index (χ2v) is 7.73. The molecule has 1 fully saturated rings. The molecule has 31 heavy (non-hydrogen) atoms. The summed E-state index contributed by atoms with van der Waals surface area (Å²) in [6.07, 6.45) is 4.65. The molecule has 2 aromatic carbocycles. The number of amides is 2. The number of carbonyl (C=O) groups excluding carboxylic acids is 2. The number of nitro benzene ring substituents is 1. The maximum atomic E-state index is 12.3. The van der Waals surface area contributed by atoms with Gasteiger partial charge in [0.05, 0.1) is 4.92 Å². The lowest BCUT2D eigenvalue weighted by molar-refractivity contribution is -0.385. The fourth-order valence-electron chi connectivity index (χ4n) is 3.38. The second-order valence-electron chi connectivity index (χ2n) is 7.30. The van der Waals surface area contributed by atoms with Gasteiger partial charge in [-0.05, 0) is 49.2 Å². The highest BCUT2D eigenvalue weighted by molar-refractivity contribution is 6.30. The fourth-order valence-corrected chi connectivity index (χ4v) is 3.55. The number of nitrogens with one attached hydrogen (secondary N) is 1. The Balaban J connectivity index is 1.52. The van der Waals surface area contributed by atoms with Gasteiger partial charge < -0.3 is 15.0 Å². The first-order valence-electron chi connectivity index (χ1n) is 10.2. The minimum absolute atomic E-state index is 0.0543. The number of likely N-dealkylation sites (tertiary alicyclic amines) is 1. The van der Waals surface area contributed by atoms with E-state index in [0.29, 0.717) is 11.3 Å². The molecule has 2 amide bonds. The van der Waals surface area contributed by atoms with Crippen LogP contribution in [0.3, 0.4) is 0 Å². The van der Waals surface area contributed by atoms with Gasteiger partial charge >= 0.3 is 5.69 Å². The number of benzene rings is 2. The number of halogens is 1. The first kappa shape index (κ1) is 22.6. The summed E-state index contributed by atoms with van der Waals surface area (Å²) in [6, 6.07) is 10.4. The van der Waals surface area contributed by atoms with Gasteiger partial charge in [-0.15, -0.1) is 0 Å². The number of nitrogens with zero attached hydrogens (tertiary/aromatic N) is 2. The summed E-state index contributed by atoms with van der Waals surface area (Å²) in [5, 5.41) is 14.2. The molecule has 8 nitrogen and oxygen atoms in total. The number of ether oxygens (including phenoxy) is 1. The van der Waals surface area contributed by atoms with Crippen molar-refractivity contribution in [1.29, 1.82) is 0 Å². The monoisotopic (exact) mass is 445 g/mol. The molecular formula is C22H24ClN3O5. The maximum absolute atomic E-state index is 12.3. The van der Waals surface area contributed by atoms with Crippen LogP contribution in [0.2, 0.25) is 5.02 Å². The van der Waals surface area contributed by atoms with Crippen molar-refractivity contribution in [2.75, 3.05) is 19.6 Å². The van der Waals surface area contributed by atoms with Crippen LogP contribution in [0, 0.1) is 10.1 Å². The minimum atomic E-state index is -0.573. The first-order valence-corrected chi connectivity index (χ1v) is 10.6. The Hall–Kier alpha value is -3.13. The summed E-state index contributed by atoms with van der Waals surface area (Å²) in [4.78, 5) is 37.1. The quantitative estimate of drug-likeness (QED) is 0.497. The Morgan fingerprint density at radius 3 is 2.39 bits per heavy atom. The lowest BCUT2D eigenvalue weighted by Gasteiger charge is -2.20. The molecule has 1 N–H and O–H groups in total. The average Bonchev–Trinajstić information content (AvgIpc) is 3.05. The fraction of sp³-hybridized carbons (Fsp3) is 0.364. The summed E-state index contributed by atoms with van der Waals surface area (Å²) in [7, 11) is 0. The van der Waals surface area contributed by atoms with Crippen LogP contribution in [-0.2, 0) is 4.79 Å². The third-order valence-electron chi connectivity index (χ3n) is 5.05. The molecule has 1 heterocycles. The summed E-state index contributed by atoms with van der Waals surface area (Å²) in [5.41, 5.74) is 0.156. The van der Waals surface area contributed by atoms with E-state index in [9.17, 15) is 19.7 Å². The van der Waals surface area contributed by atoms with Gasteiger partial charge in [-0.2, -0.15) is 0 Å². The Kier molecular flexibility index (Phi) is 7.83. The average molecular weight is 446 g/mol. The third-order valence-corrected chi connectivity index (χ3v) is 5.28. The van der Waals surface area contributed by atoms with Crippen molar-refractivity contribution in [1.82, 2.24) is 10.2 Å². The van der Waals surface area contributed by atoms with Gasteiger partial charge in [0.15, 0.2) is 0 Å². The van der Waals surface area contributed by atoms with Crippen molar-refractivity contribution in [3.8, 4) is 11.5 Å². The summed E-state index contributed by atoms with van der Waals surface area (Å²) in [6.45, 7) is 1.85. The van der Waals surface area contributed by atoms with E-state index in [2.05, 4.69) is 5.32 Å². The molecule has 9 heteroatoms. The molecule has 3 rings (SSSR count). The molecule has 0 aromatic heterocycles. The van der Waals surface area contributed by atoms with Crippen molar-refractivity contribution in [2.24, 2.45) is 0 Å². The predicted molar refractivity (Wildman–Crippen MR) is 117 cm³/mol. The molecule has 0 aliphatic carbocycles. The third kappa shape index (κ3) is 6.42. The van der Waals surface area contributed by atoms with Crippen molar-refractivity contribution in [2.45, 2.75) is 32.1 Å². The Labute approximate surface area is 185 Å². The van der Waals surface area contributed by atoms with Crippen molar-refractivity contribution in [3.05, 3.63) is 63.2 Å². The standard InChI is InChI=1S/C22H24ClN3O5/c23-17-7-10-20(19(15-17)26(29)30)31-18-8-5-16(6-9-18)22(28)24-12-11-21(27)25-13-3-1-2-4-14-25/h5-10,15H,1-4,11-14H2,(H,24,28). The van der Waals surface area contributed by atoms with Crippen molar-refractivity contribution in [3.63, 3.8) is 0 Å². The molecular weight excluding hydrogens is 422 g/mol. The second kappa shape index (κ2) is 10.8. The Bertz CT molecular complexity index is 941. The maximum Gasteiger partial charge on any atom is 0.313 e. The van der Waals surface area contributed by atoms with Crippen LogP contribution < -0.4 is 10.1 Å². The highest BCUT2D eigenvalue weighted by atomic mass is 35.5. The van der Waals surface area contributed by atoms with E-state index in [0.717, 1.165) is 38.8 Å².